The van der Waals surface area contributed by atoms with Crippen molar-refractivity contribution in [3.8, 4) is 44.5 Å². The van der Waals surface area contributed by atoms with E-state index in [0.29, 0.717) is 0 Å². The van der Waals surface area contributed by atoms with Gasteiger partial charge in [0.05, 0.1) is 0 Å². The summed E-state index contributed by atoms with van der Waals surface area (Å²) < 4.78 is 2.69. The Bertz CT molecular complexity index is 2060. The molecule has 190 valence electrons. The average Bonchev–Trinajstić information content (AvgIpc) is 3.51. The van der Waals surface area contributed by atoms with Crippen LogP contribution in [-0.2, 0) is 5.41 Å². The number of pyridine rings is 1. The molecule has 0 amide bonds. The molecule has 1 aliphatic rings. The molecule has 0 aliphatic heterocycles. The Morgan fingerprint density at radius 3 is 1.90 bits per heavy atom. The van der Waals surface area contributed by atoms with Crippen LogP contribution in [0.4, 0.5) is 0 Å². The van der Waals surface area contributed by atoms with Gasteiger partial charge in [-0.1, -0.05) is 123 Å². The minimum Gasteiger partial charge on any atom is -0.264 e. The third-order valence-corrected chi connectivity index (χ3v) is 9.90. The number of hydrogen-bond donors (Lipinski definition) is 0. The van der Waals surface area contributed by atoms with Crippen LogP contribution in [0.1, 0.15) is 25.0 Å². The summed E-state index contributed by atoms with van der Waals surface area (Å²) in [7, 11) is 0. The minimum absolute atomic E-state index is 0.00879. The zero-order chi connectivity index (χ0) is 26.8. The van der Waals surface area contributed by atoms with Gasteiger partial charge in [0.15, 0.2) is 0 Å². The highest BCUT2D eigenvalue weighted by Gasteiger charge is 2.36. The van der Waals surface area contributed by atoms with E-state index in [0.717, 1.165) is 5.56 Å². The number of aromatic nitrogens is 1. The van der Waals surface area contributed by atoms with Crippen molar-refractivity contribution in [2.45, 2.75) is 19.3 Å². The zero-order valence-electron chi connectivity index (χ0n) is 22.5. The molecule has 0 saturated heterocycles. The van der Waals surface area contributed by atoms with E-state index in [4.69, 9.17) is 0 Å². The van der Waals surface area contributed by atoms with Gasteiger partial charge in [-0.25, -0.2) is 0 Å². The Kier molecular flexibility index (Phi) is 5.11. The highest BCUT2D eigenvalue weighted by atomic mass is 32.1. The smallest absolute Gasteiger partial charge is 0.0434 e. The number of fused-ring (bicyclic) bond motifs is 6. The molecule has 0 N–H and O–H groups in total. The fourth-order valence-corrected chi connectivity index (χ4v) is 7.98. The second-order valence-corrected chi connectivity index (χ2v) is 12.2. The Hall–Kier alpha value is -4.53. The van der Waals surface area contributed by atoms with Crippen LogP contribution in [0.3, 0.4) is 0 Å². The molecule has 0 fully saturated rings. The summed E-state index contributed by atoms with van der Waals surface area (Å²) in [6.07, 6.45) is 3.74. The number of hydrogen-bond acceptors (Lipinski definition) is 2. The molecular formula is C38H27NS. The van der Waals surface area contributed by atoms with Crippen LogP contribution >= 0.6 is 11.3 Å². The van der Waals surface area contributed by atoms with E-state index in [1.165, 1.54) is 70.2 Å². The van der Waals surface area contributed by atoms with Gasteiger partial charge in [0.1, 0.15) is 0 Å². The molecule has 1 aliphatic carbocycles. The van der Waals surface area contributed by atoms with Gasteiger partial charge in [-0.2, -0.15) is 0 Å². The maximum atomic E-state index is 4.28. The molecule has 0 spiro atoms. The van der Waals surface area contributed by atoms with Gasteiger partial charge in [0.25, 0.3) is 0 Å². The number of rotatable bonds is 3. The van der Waals surface area contributed by atoms with Crippen molar-refractivity contribution in [1.29, 1.82) is 0 Å². The standard InChI is InChI=1S/C38H27NS/c1-38(2)33-16-4-3-10-32(33)35-28(12-7-17-34(35)38)29-13-6-15-31-30-14-5-11-27(36(30)40-37(29)31)25-20-18-24(19-21-25)26-9-8-22-39-23-26/h3-23H,1-2H3. The lowest BCUT2D eigenvalue weighted by Gasteiger charge is -2.21. The van der Waals surface area contributed by atoms with Gasteiger partial charge in [0, 0.05) is 43.5 Å². The largest absolute Gasteiger partial charge is 0.264 e. The lowest BCUT2D eigenvalue weighted by Crippen LogP contribution is -2.14. The third kappa shape index (κ3) is 3.36. The first-order valence-corrected chi connectivity index (χ1v) is 14.6. The van der Waals surface area contributed by atoms with Crippen LogP contribution < -0.4 is 0 Å². The average molecular weight is 530 g/mol. The first kappa shape index (κ1) is 23.4. The van der Waals surface area contributed by atoms with Crippen molar-refractivity contribution in [3.05, 3.63) is 139 Å². The molecule has 5 aromatic carbocycles. The summed E-state index contributed by atoms with van der Waals surface area (Å²) in [5.74, 6) is 0. The summed E-state index contributed by atoms with van der Waals surface area (Å²) in [6.45, 7) is 4.71. The lowest BCUT2D eigenvalue weighted by atomic mass is 9.82. The Labute approximate surface area is 238 Å². The van der Waals surface area contributed by atoms with Crippen LogP contribution in [0, 0.1) is 0 Å². The summed E-state index contributed by atoms with van der Waals surface area (Å²) in [6, 6.07) is 42.3. The van der Waals surface area contributed by atoms with Crippen molar-refractivity contribution in [1.82, 2.24) is 4.98 Å². The second-order valence-electron chi connectivity index (χ2n) is 11.2. The molecule has 0 bridgehead atoms. The maximum Gasteiger partial charge on any atom is 0.0434 e. The van der Waals surface area contributed by atoms with Crippen LogP contribution in [0.15, 0.2) is 128 Å². The predicted molar refractivity (Wildman–Crippen MR) is 171 cm³/mol. The first-order chi connectivity index (χ1) is 19.6. The summed E-state index contributed by atoms with van der Waals surface area (Å²) in [4.78, 5) is 4.28. The molecule has 7 aromatic rings. The van der Waals surface area contributed by atoms with Gasteiger partial charge in [-0.15, -0.1) is 11.3 Å². The minimum atomic E-state index is -0.00879. The van der Waals surface area contributed by atoms with E-state index in [9.17, 15) is 0 Å². The van der Waals surface area contributed by atoms with E-state index < -0.39 is 0 Å². The monoisotopic (exact) mass is 529 g/mol. The van der Waals surface area contributed by atoms with Crippen molar-refractivity contribution in [3.63, 3.8) is 0 Å². The molecule has 40 heavy (non-hydrogen) atoms. The maximum absolute atomic E-state index is 4.28. The quantitative estimate of drug-likeness (QED) is 0.222. The van der Waals surface area contributed by atoms with Crippen LogP contribution in [0.5, 0.6) is 0 Å². The van der Waals surface area contributed by atoms with Crippen molar-refractivity contribution < 1.29 is 0 Å². The number of thiophene rings is 1. The van der Waals surface area contributed by atoms with Crippen molar-refractivity contribution in [2.24, 2.45) is 0 Å². The Morgan fingerprint density at radius 1 is 0.500 bits per heavy atom. The molecule has 2 aromatic heterocycles. The molecule has 1 nitrogen and oxygen atoms in total. The second kappa shape index (κ2) is 8.74. The molecule has 8 rings (SSSR count). The van der Waals surface area contributed by atoms with E-state index in [-0.39, 0.29) is 5.41 Å². The van der Waals surface area contributed by atoms with Gasteiger partial charge in [-0.3, -0.25) is 4.98 Å². The number of benzene rings is 5. The highest BCUT2D eigenvalue weighted by Crippen LogP contribution is 2.53. The van der Waals surface area contributed by atoms with Gasteiger partial charge in [0.2, 0.25) is 0 Å². The lowest BCUT2D eigenvalue weighted by molar-refractivity contribution is 0.660. The topological polar surface area (TPSA) is 12.9 Å². The van der Waals surface area contributed by atoms with Crippen molar-refractivity contribution in [2.75, 3.05) is 0 Å². The van der Waals surface area contributed by atoms with Crippen LogP contribution in [0.25, 0.3) is 64.7 Å². The molecule has 0 unspecified atom stereocenters. The molecule has 0 radical (unpaired) electrons. The predicted octanol–water partition coefficient (Wildman–Crippen LogP) is 10.8. The number of nitrogens with zero attached hydrogens (tertiary/aromatic N) is 1. The van der Waals surface area contributed by atoms with Crippen molar-refractivity contribution >= 4 is 31.5 Å². The molecular weight excluding hydrogens is 502 g/mol. The summed E-state index contributed by atoms with van der Waals surface area (Å²) in [5, 5.41) is 2.65. The zero-order valence-corrected chi connectivity index (χ0v) is 23.3. The van der Waals surface area contributed by atoms with E-state index >= 15 is 0 Å². The van der Waals surface area contributed by atoms with Gasteiger partial charge in [-0.05, 0) is 56.1 Å². The van der Waals surface area contributed by atoms with E-state index in [1.54, 1.807) is 0 Å². The fraction of sp³-hybridized carbons (Fsp3) is 0.0789. The highest BCUT2D eigenvalue weighted by molar-refractivity contribution is 7.26. The first-order valence-electron chi connectivity index (χ1n) is 13.8. The molecule has 2 heterocycles. The fourth-order valence-electron chi connectivity index (χ4n) is 6.61. The van der Waals surface area contributed by atoms with E-state index in [1.807, 2.05) is 29.8 Å². The van der Waals surface area contributed by atoms with Gasteiger partial charge < -0.3 is 0 Å². The summed E-state index contributed by atoms with van der Waals surface area (Å²) in [5.41, 5.74) is 13.1. The SMILES string of the molecule is CC1(C)c2ccccc2-c2c(-c3cccc4c3sc3c(-c5ccc(-c6cccnc6)cc5)cccc34)cccc21. The Balaban J connectivity index is 1.32. The third-order valence-electron chi connectivity index (χ3n) is 8.61. The van der Waals surface area contributed by atoms with Crippen LogP contribution in [0.2, 0.25) is 0 Å². The molecule has 0 saturated carbocycles. The van der Waals surface area contributed by atoms with Crippen LogP contribution in [-0.4, -0.2) is 4.98 Å². The van der Waals surface area contributed by atoms with Gasteiger partial charge >= 0.3 is 0 Å². The summed E-state index contributed by atoms with van der Waals surface area (Å²) >= 11 is 1.92. The molecule has 0 atom stereocenters. The molecule has 2 heteroatoms. The van der Waals surface area contributed by atoms with E-state index in [2.05, 4.69) is 128 Å². The Morgan fingerprint density at radius 2 is 1.12 bits per heavy atom. The normalized spacial score (nSPS) is 13.4.